The summed E-state index contributed by atoms with van der Waals surface area (Å²) < 4.78 is 18.6. The maximum atomic E-state index is 12.9. The minimum absolute atomic E-state index is 0.0396. The Kier molecular flexibility index (Phi) is 6.32. The Labute approximate surface area is 194 Å². The summed E-state index contributed by atoms with van der Waals surface area (Å²) in [6.45, 7) is 2.09. The number of halogens is 1. The fraction of sp³-hybridized carbons (Fsp3) is 0.217. The van der Waals surface area contributed by atoms with E-state index >= 15 is 0 Å². The molecule has 0 radical (unpaired) electrons. The quantitative estimate of drug-likeness (QED) is 0.364. The molecular weight excluding hydrogens is 448 g/mol. The predicted molar refractivity (Wildman–Crippen MR) is 121 cm³/mol. The summed E-state index contributed by atoms with van der Waals surface area (Å²) in [6, 6.07) is 12.3. The van der Waals surface area contributed by atoms with Crippen molar-refractivity contribution in [1.29, 1.82) is 0 Å². The summed E-state index contributed by atoms with van der Waals surface area (Å²) in [5, 5.41) is 4.85. The number of nitrogens with zero attached hydrogens (tertiary/aromatic N) is 4. The van der Waals surface area contributed by atoms with Gasteiger partial charge in [0.1, 0.15) is 23.7 Å². The molecule has 9 nitrogen and oxygen atoms in total. The number of carbonyl (C=O) groups is 1. The van der Waals surface area contributed by atoms with Gasteiger partial charge in [0.15, 0.2) is 5.78 Å². The van der Waals surface area contributed by atoms with Gasteiger partial charge in [-0.1, -0.05) is 23.7 Å². The second-order valence-electron chi connectivity index (χ2n) is 7.25. The fourth-order valence-corrected chi connectivity index (χ4v) is 3.48. The number of carbonyl (C=O) groups excluding carboxylic acids is 1. The summed E-state index contributed by atoms with van der Waals surface area (Å²) in [5.41, 5.74) is 2.50. The highest BCUT2D eigenvalue weighted by Gasteiger charge is 2.20. The number of rotatable bonds is 8. The highest BCUT2D eigenvalue weighted by atomic mass is 35.5. The smallest absolute Gasteiger partial charge is 0.437 e. The molecule has 0 amide bonds. The average Bonchev–Trinajstić information content (AvgIpc) is 3.36. The monoisotopic (exact) mass is 468 g/mol. The second-order valence-corrected chi connectivity index (χ2v) is 7.69. The first-order chi connectivity index (χ1) is 15.9. The molecular formula is C23H21ClN4O5. The van der Waals surface area contributed by atoms with Crippen LogP contribution in [0.15, 0.2) is 58.0 Å². The number of aromatic nitrogens is 4. The van der Waals surface area contributed by atoms with Gasteiger partial charge in [-0.05, 0) is 42.8 Å². The topological polar surface area (TPSA) is 101 Å². The number of methoxy groups -OCH3 is 2. The van der Waals surface area contributed by atoms with E-state index in [1.54, 1.807) is 24.5 Å². The van der Waals surface area contributed by atoms with Crippen LogP contribution in [0, 0.1) is 6.92 Å². The van der Waals surface area contributed by atoms with E-state index in [1.807, 2.05) is 35.8 Å². The highest BCUT2D eigenvalue weighted by Crippen LogP contribution is 2.25. The van der Waals surface area contributed by atoms with Crippen LogP contribution in [0.2, 0.25) is 5.02 Å². The van der Waals surface area contributed by atoms with Crippen LogP contribution in [0.25, 0.3) is 11.6 Å². The lowest BCUT2D eigenvalue weighted by Gasteiger charge is -2.09. The highest BCUT2D eigenvalue weighted by molar-refractivity contribution is 6.30. The van der Waals surface area contributed by atoms with Gasteiger partial charge in [0.2, 0.25) is 0 Å². The summed E-state index contributed by atoms with van der Waals surface area (Å²) in [5.74, 6) is -0.231. The van der Waals surface area contributed by atoms with Crippen molar-refractivity contribution >= 4 is 17.4 Å². The van der Waals surface area contributed by atoms with E-state index in [0.29, 0.717) is 28.8 Å². The zero-order chi connectivity index (χ0) is 23.5. The SMILES string of the molecule is COc1ccc(OC)c(C(=O)Cn2nc(-c3ncn(Cc4ccc(Cl)cc4)c3C)oc2=O)c1. The van der Waals surface area contributed by atoms with Gasteiger partial charge in [0.25, 0.3) is 5.89 Å². The average molecular weight is 469 g/mol. The molecule has 2 aromatic heterocycles. The van der Waals surface area contributed by atoms with E-state index in [4.69, 9.17) is 25.5 Å². The lowest BCUT2D eigenvalue weighted by Crippen LogP contribution is -2.22. The van der Waals surface area contributed by atoms with Crippen molar-refractivity contribution in [3.63, 3.8) is 0 Å². The van der Waals surface area contributed by atoms with Gasteiger partial charge in [-0.3, -0.25) is 4.79 Å². The van der Waals surface area contributed by atoms with Crippen LogP contribution in [0.4, 0.5) is 0 Å². The van der Waals surface area contributed by atoms with Crippen molar-refractivity contribution < 1.29 is 18.7 Å². The molecule has 0 unspecified atom stereocenters. The van der Waals surface area contributed by atoms with Gasteiger partial charge in [-0.25, -0.2) is 9.78 Å². The normalized spacial score (nSPS) is 10.9. The minimum Gasteiger partial charge on any atom is -0.497 e. The number of ether oxygens (including phenoxy) is 2. The zero-order valence-corrected chi connectivity index (χ0v) is 19.0. The van der Waals surface area contributed by atoms with Crippen LogP contribution in [-0.4, -0.2) is 39.3 Å². The Balaban J connectivity index is 1.57. The van der Waals surface area contributed by atoms with Gasteiger partial charge >= 0.3 is 5.76 Å². The molecule has 4 aromatic rings. The fourth-order valence-electron chi connectivity index (χ4n) is 3.35. The molecule has 4 rings (SSSR count). The first-order valence-corrected chi connectivity index (χ1v) is 10.4. The van der Waals surface area contributed by atoms with Gasteiger partial charge in [-0.2, -0.15) is 4.68 Å². The lowest BCUT2D eigenvalue weighted by molar-refractivity contribution is 0.0961. The number of benzene rings is 2. The van der Waals surface area contributed by atoms with E-state index in [2.05, 4.69) is 10.1 Å². The number of hydrogen-bond donors (Lipinski definition) is 0. The van der Waals surface area contributed by atoms with Crippen LogP contribution in [0.3, 0.4) is 0 Å². The summed E-state index contributed by atoms with van der Waals surface area (Å²) >= 11 is 5.95. The summed E-state index contributed by atoms with van der Waals surface area (Å²) in [4.78, 5) is 29.6. The Bertz CT molecular complexity index is 1350. The van der Waals surface area contributed by atoms with E-state index in [9.17, 15) is 9.59 Å². The van der Waals surface area contributed by atoms with Gasteiger partial charge in [0, 0.05) is 17.3 Å². The predicted octanol–water partition coefficient (Wildman–Crippen LogP) is 3.61. The van der Waals surface area contributed by atoms with E-state index in [-0.39, 0.29) is 23.8 Å². The first kappa shape index (κ1) is 22.3. The molecule has 2 aromatic carbocycles. The Morgan fingerprint density at radius 2 is 1.88 bits per heavy atom. The molecule has 0 bridgehead atoms. The molecule has 0 atom stereocenters. The van der Waals surface area contributed by atoms with E-state index in [1.165, 1.54) is 14.2 Å². The van der Waals surface area contributed by atoms with Crippen LogP contribution >= 0.6 is 11.6 Å². The molecule has 0 aliphatic heterocycles. The molecule has 0 aliphatic rings. The maximum absolute atomic E-state index is 12.9. The van der Waals surface area contributed by atoms with Crippen LogP contribution < -0.4 is 15.2 Å². The Morgan fingerprint density at radius 1 is 1.12 bits per heavy atom. The van der Waals surface area contributed by atoms with Crippen molar-refractivity contribution in [2.45, 2.75) is 20.0 Å². The largest absolute Gasteiger partial charge is 0.497 e. The molecule has 0 fully saturated rings. The molecule has 0 saturated heterocycles. The number of imidazole rings is 1. The number of Topliss-reactive ketones (excluding diaryl/α,β-unsaturated/α-hetero) is 1. The van der Waals surface area contributed by atoms with Gasteiger partial charge < -0.3 is 18.5 Å². The van der Waals surface area contributed by atoms with E-state index in [0.717, 1.165) is 15.9 Å². The standard InChI is InChI=1S/C23H21ClN4O5/c1-14-21(25-13-27(14)11-15-4-6-16(24)7-5-15)22-26-28(23(30)33-22)12-19(29)18-10-17(31-2)8-9-20(18)32-3/h4-10,13H,11-12H2,1-3H3. The number of ketones is 1. The third-order valence-corrected chi connectivity index (χ3v) is 5.43. The second kappa shape index (κ2) is 9.33. The molecule has 170 valence electrons. The molecule has 0 saturated carbocycles. The Hall–Kier alpha value is -3.85. The number of hydrogen-bond acceptors (Lipinski definition) is 7. The molecule has 0 N–H and O–H groups in total. The third kappa shape index (κ3) is 4.68. The van der Waals surface area contributed by atoms with Crippen LogP contribution in [0.5, 0.6) is 11.5 Å². The molecule has 10 heteroatoms. The van der Waals surface area contributed by atoms with Crippen molar-refractivity contribution in [2.24, 2.45) is 0 Å². The molecule has 0 aliphatic carbocycles. The third-order valence-electron chi connectivity index (χ3n) is 5.18. The van der Waals surface area contributed by atoms with Crippen molar-refractivity contribution in [3.05, 3.63) is 81.2 Å². The molecule has 33 heavy (non-hydrogen) atoms. The van der Waals surface area contributed by atoms with Crippen LogP contribution in [-0.2, 0) is 13.1 Å². The summed E-state index contributed by atoms with van der Waals surface area (Å²) in [7, 11) is 2.96. The van der Waals surface area contributed by atoms with Crippen LogP contribution in [0.1, 0.15) is 21.6 Å². The van der Waals surface area contributed by atoms with Crippen molar-refractivity contribution in [1.82, 2.24) is 19.3 Å². The minimum atomic E-state index is -0.758. The van der Waals surface area contributed by atoms with Crippen molar-refractivity contribution in [3.8, 4) is 23.1 Å². The lowest BCUT2D eigenvalue weighted by atomic mass is 10.1. The van der Waals surface area contributed by atoms with Gasteiger partial charge in [0.05, 0.1) is 26.1 Å². The molecule has 0 spiro atoms. The zero-order valence-electron chi connectivity index (χ0n) is 18.2. The molecule has 2 heterocycles. The Morgan fingerprint density at radius 3 is 2.58 bits per heavy atom. The van der Waals surface area contributed by atoms with Gasteiger partial charge in [-0.15, -0.1) is 5.10 Å². The maximum Gasteiger partial charge on any atom is 0.437 e. The van der Waals surface area contributed by atoms with E-state index < -0.39 is 5.76 Å². The van der Waals surface area contributed by atoms with Crippen molar-refractivity contribution in [2.75, 3.05) is 14.2 Å². The summed E-state index contributed by atoms with van der Waals surface area (Å²) in [6.07, 6.45) is 1.64. The first-order valence-electron chi connectivity index (χ1n) is 9.99.